The highest BCUT2D eigenvalue weighted by Gasteiger charge is 2.33. The Bertz CT molecular complexity index is 899. The summed E-state index contributed by atoms with van der Waals surface area (Å²) in [6, 6.07) is 5.89. The molecule has 2 amide bonds. The number of thioether (sulfide) groups is 1. The van der Waals surface area contributed by atoms with Crippen LogP contribution in [0.15, 0.2) is 40.7 Å². The molecular formula is C17H19ClN6O3S. The smallest absolute Gasteiger partial charge is 0.338 e. The van der Waals surface area contributed by atoms with Crippen molar-refractivity contribution in [3.63, 3.8) is 0 Å². The number of halogens is 1. The minimum atomic E-state index is -0.650. The average molecular weight is 423 g/mol. The first-order chi connectivity index (χ1) is 13.5. The number of aromatic nitrogens is 4. The van der Waals surface area contributed by atoms with Crippen molar-refractivity contribution in [2.24, 2.45) is 0 Å². The van der Waals surface area contributed by atoms with E-state index in [0.29, 0.717) is 33.7 Å². The van der Waals surface area contributed by atoms with Crippen LogP contribution in [0.2, 0.25) is 5.02 Å². The minimum Gasteiger partial charge on any atom is -0.463 e. The van der Waals surface area contributed by atoms with Gasteiger partial charge in [0.25, 0.3) is 0 Å². The van der Waals surface area contributed by atoms with E-state index in [1.165, 1.54) is 11.8 Å². The largest absolute Gasteiger partial charge is 0.463 e. The van der Waals surface area contributed by atoms with Crippen LogP contribution in [0.5, 0.6) is 0 Å². The van der Waals surface area contributed by atoms with Gasteiger partial charge in [-0.15, -0.1) is 5.10 Å². The summed E-state index contributed by atoms with van der Waals surface area (Å²) in [4.78, 5) is 24.9. The molecule has 9 nitrogen and oxygen atoms in total. The van der Waals surface area contributed by atoms with Gasteiger partial charge < -0.3 is 15.4 Å². The zero-order valence-corrected chi connectivity index (χ0v) is 16.9. The summed E-state index contributed by atoms with van der Waals surface area (Å²) in [6.07, 6.45) is 0. The van der Waals surface area contributed by atoms with Gasteiger partial charge in [0.2, 0.25) is 5.16 Å². The number of aryl methyl sites for hydroxylation is 1. The van der Waals surface area contributed by atoms with Crippen LogP contribution in [0.3, 0.4) is 0 Å². The van der Waals surface area contributed by atoms with Gasteiger partial charge in [-0.1, -0.05) is 35.5 Å². The second-order valence-electron chi connectivity index (χ2n) is 5.76. The Morgan fingerprint density at radius 3 is 2.75 bits per heavy atom. The van der Waals surface area contributed by atoms with Crippen molar-refractivity contribution in [1.82, 2.24) is 30.8 Å². The second kappa shape index (κ2) is 9.07. The van der Waals surface area contributed by atoms with E-state index >= 15 is 0 Å². The molecule has 0 spiro atoms. The quantitative estimate of drug-likeness (QED) is 0.520. The maximum atomic E-state index is 12.7. The molecule has 2 N–H and O–H groups in total. The van der Waals surface area contributed by atoms with Crippen LogP contribution in [-0.4, -0.2) is 44.6 Å². The van der Waals surface area contributed by atoms with E-state index in [4.69, 9.17) is 16.3 Å². The molecule has 2 aromatic rings. The van der Waals surface area contributed by atoms with Gasteiger partial charge >= 0.3 is 12.0 Å². The zero-order chi connectivity index (χ0) is 20.1. The summed E-state index contributed by atoms with van der Waals surface area (Å²) in [5, 5.41) is 18.2. The van der Waals surface area contributed by atoms with Gasteiger partial charge in [-0.3, -0.25) is 0 Å². The predicted molar refractivity (Wildman–Crippen MR) is 104 cm³/mol. The van der Waals surface area contributed by atoms with Gasteiger partial charge in [0.05, 0.1) is 18.2 Å². The number of hydrogen-bond donors (Lipinski definition) is 2. The van der Waals surface area contributed by atoms with E-state index < -0.39 is 18.0 Å². The summed E-state index contributed by atoms with van der Waals surface area (Å²) >= 11 is 7.29. The molecule has 0 saturated carbocycles. The molecule has 0 saturated heterocycles. The fourth-order valence-corrected chi connectivity index (χ4v) is 3.76. The van der Waals surface area contributed by atoms with Crippen molar-refractivity contribution in [3.05, 3.63) is 46.1 Å². The maximum Gasteiger partial charge on any atom is 0.338 e. The molecule has 1 aromatic heterocycles. The van der Waals surface area contributed by atoms with Crippen LogP contribution < -0.4 is 10.6 Å². The van der Waals surface area contributed by atoms with Crippen molar-refractivity contribution < 1.29 is 14.3 Å². The molecule has 1 aliphatic heterocycles. The summed E-state index contributed by atoms with van der Waals surface area (Å²) in [5.74, 6) is -0.202. The molecule has 0 radical (unpaired) electrons. The molecule has 0 bridgehead atoms. The molecule has 148 valence electrons. The van der Waals surface area contributed by atoms with Gasteiger partial charge in [-0.25, -0.2) is 14.3 Å². The fraction of sp³-hybridized carbons (Fsp3) is 0.353. The lowest BCUT2D eigenvalue weighted by Gasteiger charge is -2.29. The van der Waals surface area contributed by atoms with Crippen molar-refractivity contribution in [2.45, 2.75) is 31.6 Å². The third-order valence-corrected chi connectivity index (χ3v) is 5.23. The first-order valence-corrected chi connectivity index (χ1v) is 10.0. The Balaban J connectivity index is 1.96. The van der Waals surface area contributed by atoms with E-state index in [2.05, 4.69) is 26.2 Å². The lowest BCUT2D eigenvalue weighted by molar-refractivity contribution is -0.139. The monoisotopic (exact) mass is 422 g/mol. The highest BCUT2D eigenvalue weighted by molar-refractivity contribution is 7.99. The highest BCUT2D eigenvalue weighted by atomic mass is 35.5. The predicted octanol–water partition coefficient (Wildman–Crippen LogP) is 2.31. The van der Waals surface area contributed by atoms with Gasteiger partial charge in [-0.2, -0.15) is 0 Å². The number of amides is 2. The number of esters is 1. The van der Waals surface area contributed by atoms with Crippen LogP contribution in [0.4, 0.5) is 4.79 Å². The van der Waals surface area contributed by atoms with Crippen LogP contribution in [-0.2, 0) is 16.1 Å². The van der Waals surface area contributed by atoms with E-state index in [1.807, 2.05) is 6.92 Å². The number of urea groups is 1. The standard InChI is InChI=1S/C17H19ClN6O3S/c1-3-24-17(21-22-23-24)28-9-12-13(15(25)27-4-2)14(20-16(26)19-12)10-5-7-11(18)8-6-10/h5-8,14H,3-4,9H2,1-2H3,(H2,19,20,26). The molecular weight excluding hydrogens is 404 g/mol. The van der Waals surface area contributed by atoms with Crippen molar-refractivity contribution in [1.29, 1.82) is 0 Å². The second-order valence-corrected chi connectivity index (χ2v) is 7.14. The Labute approximate surface area is 170 Å². The molecule has 0 fully saturated rings. The SMILES string of the molecule is CCOC(=O)C1=C(CSc2nnnn2CC)NC(=O)NC1c1ccc(Cl)cc1. The Morgan fingerprint density at radius 2 is 2.07 bits per heavy atom. The zero-order valence-electron chi connectivity index (χ0n) is 15.3. The van der Waals surface area contributed by atoms with E-state index in [-0.39, 0.29) is 6.61 Å². The van der Waals surface area contributed by atoms with Crippen LogP contribution in [0.25, 0.3) is 0 Å². The molecule has 3 rings (SSSR count). The number of carbonyl (C=O) groups excluding carboxylic acids is 2. The third kappa shape index (κ3) is 4.45. The van der Waals surface area contributed by atoms with Crippen LogP contribution in [0.1, 0.15) is 25.5 Å². The first-order valence-electron chi connectivity index (χ1n) is 8.65. The Morgan fingerprint density at radius 1 is 1.32 bits per heavy atom. The number of nitrogens with zero attached hydrogens (tertiary/aromatic N) is 4. The number of rotatable bonds is 7. The maximum absolute atomic E-state index is 12.7. The Hall–Kier alpha value is -2.59. The van der Waals surface area contributed by atoms with Gasteiger partial charge in [-0.05, 0) is 42.0 Å². The van der Waals surface area contributed by atoms with Gasteiger partial charge in [0.1, 0.15) is 0 Å². The van der Waals surface area contributed by atoms with Gasteiger partial charge in [0.15, 0.2) is 0 Å². The van der Waals surface area contributed by atoms with E-state index in [1.54, 1.807) is 35.9 Å². The fourth-order valence-electron chi connectivity index (χ4n) is 2.72. The number of benzene rings is 1. The third-order valence-electron chi connectivity index (χ3n) is 4.00. The van der Waals surface area contributed by atoms with E-state index in [9.17, 15) is 9.59 Å². The average Bonchev–Trinajstić information content (AvgIpc) is 3.14. The van der Waals surface area contributed by atoms with Crippen molar-refractivity contribution >= 4 is 35.4 Å². The first kappa shape index (κ1) is 20.2. The molecule has 11 heteroatoms. The molecule has 28 heavy (non-hydrogen) atoms. The highest BCUT2D eigenvalue weighted by Crippen LogP contribution is 2.30. The number of tetrazole rings is 1. The van der Waals surface area contributed by atoms with Crippen LogP contribution in [0, 0.1) is 0 Å². The number of ether oxygens (including phenoxy) is 1. The molecule has 1 aliphatic rings. The van der Waals surface area contributed by atoms with Crippen molar-refractivity contribution in [2.75, 3.05) is 12.4 Å². The van der Waals surface area contributed by atoms with Gasteiger partial charge in [0, 0.05) is 23.0 Å². The Kier molecular flexibility index (Phi) is 6.53. The molecule has 0 aliphatic carbocycles. The van der Waals surface area contributed by atoms with Crippen LogP contribution >= 0.6 is 23.4 Å². The van der Waals surface area contributed by atoms with Crippen molar-refractivity contribution in [3.8, 4) is 0 Å². The number of hydrogen-bond acceptors (Lipinski definition) is 7. The van der Waals surface area contributed by atoms with E-state index in [0.717, 1.165) is 5.56 Å². The normalized spacial score (nSPS) is 16.5. The molecule has 2 heterocycles. The topological polar surface area (TPSA) is 111 Å². The lowest BCUT2D eigenvalue weighted by Crippen LogP contribution is -2.46. The summed E-state index contributed by atoms with van der Waals surface area (Å²) in [6.45, 7) is 4.49. The number of nitrogens with one attached hydrogen (secondary N) is 2. The summed E-state index contributed by atoms with van der Waals surface area (Å²) < 4.78 is 6.87. The molecule has 1 aromatic carbocycles. The lowest BCUT2D eigenvalue weighted by atomic mass is 9.95. The molecule has 1 unspecified atom stereocenters. The minimum absolute atomic E-state index is 0.220. The summed E-state index contributed by atoms with van der Waals surface area (Å²) in [5.41, 5.74) is 1.52. The number of carbonyl (C=O) groups is 2. The molecule has 1 atom stereocenters. The summed E-state index contributed by atoms with van der Waals surface area (Å²) in [7, 11) is 0.